The van der Waals surface area contributed by atoms with Crippen LogP contribution in [0.3, 0.4) is 0 Å². The lowest BCUT2D eigenvalue weighted by atomic mass is 9.91. The van der Waals surface area contributed by atoms with Crippen molar-refractivity contribution in [2.24, 2.45) is 5.92 Å². The van der Waals surface area contributed by atoms with Crippen LogP contribution in [0.4, 0.5) is 0 Å². The van der Waals surface area contributed by atoms with Gasteiger partial charge in [-0.25, -0.2) is 0 Å². The maximum Gasteiger partial charge on any atom is 0.246 e. The molecule has 0 radical (unpaired) electrons. The predicted molar refractivity (Wildman–Crippen MR) is 76.1 cm³/mol. The molecular weight excluding hydrogens is 256 g/mol. The van der Waals surface area contributed by atoms with Crippen LogP contribution in [0.15, 0.2) is 0 Å². The van der Waals surface area contributed by atoms with Crippen molar-refractivity contribution in [3.63, 3.8) is 0 Å². The van der Waals surface area contributed by atoms with Crippen LogP contribution in [0.2, 0.25) is 0 Å². The third-order valence-electron chi connectivity index (χ3n) is 4.75. The van der Waals surface area contributed by atoms with E-state index in [9.17, 15) is 9.59 Å². The Bertz CT molecular complexity index is 385. The average molecular weight is 282 g/mol. The van der Waals surface area contributed by atoms with Crippen LogP contribution in [0.5, 0.6) is 0 Å². The molecule has 2 rings (SSSR count). The van der Waals surface area contributed by atoms with Gasteiger partial charge in [0.05, 0.1) is 12.1 Å². The van der Waals surface area contributed by atoms with Gasteiger partial charge in [-0.05, 0) is 25.7 Å². The van der Waals surface area contributed by atoms with E-state index in [1.165, 1.54) is 0 Å². The van der Waals surface area contributed by atoms with Crippen molar-refractivity contribution in [3.05, 3.63) is 0 Å². The summed E-state index contributed by atoms with van der Waals surface area (Å²) in [5.41, 5.74) is 0. The summed E-state index contributed by atoms with van der Waals surface area (Å²) in [4.78, 5) is 27.0. The zero-order valence-corrected chi connectivity index (χ0v) is 12.9. The highest BCUT2D eigenvalue weighted by Gasteiger charge is 2.46. The average Bonchev–Trinajstić information content (AvgIpc) is 2.85. The Morgan fingerprint density at radius 3 is 2.60 bits per heavy atom. The molecule has 2 aliphatic rings. The summed E-state index contributed by atoms with van der Waals surface area (Å²) < 4.78 is 5.59. The van der Waals surface area contributed by atoms with E-state index >= 15 is 0 Å². The van der Waals surface area contributed by atoms with Gasteiger partial charge in [-0.15, -0.1) is 0 Å². The molecule has 20 heavy (non-hydrogen) atoms. The Morgan fingerprint density at radius 1 is 1.40 bits per heavy atom. The number of nitrogens with zero attached hydrogens (tertiary/aromatic N) is 1. The van der Waals surface area contributed by atoms with Gasteiger partial charge >= 0.3 is 0 Å². The molecule has 0 aliphatic carbocycles. The molecule has 0 bridgehead atoms. The molecule has 5 atom stereocenters. The molecule has 2 heterocycles. The normalized spacial score (nSPS) is 36.1. The molecule has 2 saturated heterocycles. The second-order valence-electron chi connectivity index (χ2n) is 5.97. The van der Waals surface area contributed by atoms with Gasteiger partial charge in [-0.3, -0.25) is 9.59 Å². The lowest BCUT2D eigenvalue weighted by Crippen LogP contribution is -2.67. The summed E-state index contributed by atoms with van der Waals surface area (Å²) >= 11 is 0. The second-order valence-corrected chi connectivity index (χ2v) is 5.97. The Kier molecular flexibility index (Phi) is 4.68. The fourth-order valence-corrected chi connectivity index (χ4v) is 3.24. The number of carbonyl (C=O) groups excluding carboxylic acids is 2. The number of piperazine rings is 1. The fourth-order valence-electron chi connectivity index (χ4n) is 3.24. The number of carbonyl (C=O) groups is 2. The molecule has 5 unspecified atom stereocenters. The number of nitrogens with one attached hydrogen (secondary N) is 1. The number of hydrogen-bond donors (Lipinski definition) is 1. The van der Waals surface area contributed by atoms with E-state index in [4.69, 9.17) is 4.74 Å². The van der Waals surface area contributed by atoms with Crippen molar-refractivity contribution in [1.82, 2.24) is 10.2 Å². The SMILES string of the molecule is CCC(C)C1NC(=O)C(CC)N(C2CCOC2C)C1=O. The van der Waals surface area contributed by atoms with Gasteiger partial charge in [0.25, 0.3) is 0 Å². The molecule has 2 aliphatic heterocycles. The minimum atomic E-state index is -0.386. The highest BCUT2D eigenvalue weighted by Crippen LogP contribution is 2.28. The highest BCUT2D eigenvalue weighted by atomic mass is 16.5. The van der Waals surface area contributed by atoms with Crippen LogP contribution in [-0.2, 0) is 14.3 Å². The molecule has 2 amide bonds. The fraction of sp³-hybridized carbons (Fsp3) is 0.867. The Labute approximate surface area is 121 Å². The predicted octanol–water partition coefficient (Wildman–Crippen LogP) is 1.32. The van der Waals surface area contributed by atoms with E-state index < -0.39 is 0 Å². The van der Waals surface area contributed by atoms with Crippen LogP contribution in [0.1, 0.15) is 47.0 Å². The van der Waals surface area contributed by atoms with Crippen LogP contribution in [-0.4, -0.2) is 47.6 Å². The van der Waals surface area contributed by atoms with Crippen molar-refractivity contribution >= 4 is 11.8 Å². The van der Waals surface area contributed by atoms with Gasteiger partial charge < -0.3 is 15.0 Å². The highest BCUT2D eigenvalue weighted by molar-refractivity contribution is 5.97. The van der Waals surface area contributed by atoms with E-state index in [1.807, 2.05) is 32.6 Å². The molecular formula is C15H26N2O3. The summed E-state index contributed by atoms with van der Waals surface area (Å²) in [6.45, 7) is 8.67. The molecule has 5 heteroatoms. The van der Waals surface area contributed by atoms with Crippen molar-refractivity contribution in [3.8, 4) is 0 Å². The monoisotopic (exact) mass is 282 g/mol. The first-order valence-electron chi connectivity index (χ1n) is 7.75. The van der Waals surface area contributed by atoms with Gasteiger partial charge in [-0.2, -0.15) is 0 Å². The molecule has 0 aromatic carbocycles. The van der Waals surface area contributed by atoms with Crippen LogP contribution in [0.25, 0.3) is 0 Å². The van der Waals surface area contributed by atoms with Crippen molar-refractivity contribution < 1.29 is 14.3 Å². The first-order valence-corrected chi connectivity index (χ1v) is 7.75. The number of hydrogen-bond acceptors (Lipinski definition) is 3. The standard InChI is InChI=1S/C15H26N2O3/c1-5-9(3)13-15(19)17(11(6-2)14(18)16-13)12-7-8-20-10(12)4/h9-13H,5-8H2,1-4H3,(H,16,18). The van der Waals surface area contributed by atoms with Gasteiger partial charge in [-0.1, -0.05) is 27.2 Å². The minimum absolute atomic E-state index is 0.0106. The smallest absolute Gasteiger partial charge is 0.246 e. The Hall–Kier alpha value is -1.10. The van der Waals surface area contributed by atoms with E-state index in [0.29, 0.717) is 13.0 Å². The molecule has 0 spiro atoms. The van der Waals surface area contributed by atoms with E-state index in [1.54, 1.807) is 0 Å². The molecule has 2 fully saturated rings. The lowest BCUT2D eigenvalue weighted by molar-refractivity contribution is -0.155. The minimum Gasteiger partial charge on any atom is -0.376 e. The Morgan fingerprint density at radius 2 is 2.10 bits per heavy atom. The van der Waals surface area contributed by atoms with Crippen LogP contribution >= 0.6 is 0 Å². The molecule has 0 aromatic rings. The molecule has 114 valence electrons. The van der Waals surface area contributed by atoms with E-state index in [2.05, 4.69) is 5.32 Å². The number of rotatable bonds is 4. The van der Waals surface area contributed by atoms with Crippen LogP contribution < -0.4 is 5.32 Å². The second kappa shape index (κ2) is 6.12. The van der Waals surface area contributed by atoms with E-state index in [-0.39, 0.29) is 42.0 Å². The van der Waals surface area contributed by atoms with Gasteiger partial charge in [0.2, 0.25) is 11.8 Å². The summed E-state index contributed by atoms with van der Waals surface area (Å²) in [7, 11) is 0. The zero-order valence-electron chi connectivity index (χ0n) is 12.9. The molecule has 1 N–H and O–H groups in total. The molecule has 0 saturated carbocycles. The van der Waals surface area contributed by atoms with Crippen molar-refractivity contribution in [2.75, 3.05) is 6.61 Å². The first-order chi connectivity index (χ1) is 9.51. The maximum absolute atomic E-state index is 12.8. The number of ether oxygens (including phenoxy) is 1. The third kappa shape index (κ3) is 2.55. The summed E-state index contributed by atoms with van der Waals surface area (Å²) in [5.74, 6) is 0.203. The zero-order chi connectivity index (χ0) is 14.9. The van der Waals surface area contributed by atoms with Crippen LogP contribution in [0, 0.1) is 5.92 Å². The third-order valence-corrected chi connectivity index (χ3v) is 4.75. The van der Waals surface area contributed by atoms with E-state index in [0.717, 1.165) is 12.8 Å². The van der Waals surface area contributed by atoms with Crippen molar-refractivity contribution in [1.29, 1.82) is 0 Å². The topological polar surface area (TPSA) is 58.6 Å². The summed E-state index contributed by atoms with van der Waals surface area (Å²) in [5, 5.41) is 2.92. The quantitative estimate of drug-likeness (QED) is 0.846. The number of amides is 2. The molecule has 5 nitrogen and oxygen atoms in total. The first kappa shape index (κ1) is 15.3. The Balaban J connectivity index is 2.27. The maximum atomic E-state index is 12.8. The van der Waals surface area contributed by atoms with Crippen molar-refractivity contribution in [2.45, 2.75) is 71.2 Å². The summed E-state index contributed by atoms with van der Waals surface area (Å²) in [6, 6.07) is -0.704. The molecule has 0 aromatic heterocycles. The van der Waals surface area contributed by atoms with Gasteiger partial charge in [0.1, 0.15) is 12.1 Å². The lowest BCUT2D eigenvalue weighted by Gasteiger charge is -2.44. The summed E-state index contributed by atoms with van der Waals surface area (Å²) in [6.07, 6.45) is 2.35. The largest absolute Gasteiger partial charge is 0.376 e. The van der Waals surface area contributed by atoms with Gasteiger partial charge in [0.15, 0.2) is 0 Å². The van der Waals surface area contributed by atoms with Gasteiger partial charge in [0, 0.05) is 6.61 Å².